The normalized spacial score (nSPS) is 15.3. The number of carboxylic acid groups (broad SMARTS) is 1. The molecule has 1 atom stereocenters. The Morgan fingerprint density at radius 1 is 1.24 bits per heavy atom. The largest absolute Gasteiger partial charge is 0.480 e. The molecule has 2 N–H and O–H groups in total. The summed E-state index contributed by atoms with van der Waals surface area (Å²) in [5.41, 5.74) is 0.876. The topological polar surface area (TPSA) is 99.6 Å². The SMILES string of the molecule is CS.O=C(NCC(=O)N1CCCC1C(=O)O)c1ncc(-c2ccccc2)cc1F. The Morgan fingerprint density at radius 2 is 1.93 bits per heavy atom. The van der Waals surface area contributed by atoms with E-state index in [0.29, 0.717) is 24.9 Å². The van der Waals surface area contributed by atoms with Crippen molar-refractivity contribution in [3.05, 3.63) is 54.1 Å². The molecule has 1 fully saturated rings. The van der Waals surface area contributed by atoms with E-state index in [1.54, 1.807) is 18.4 Å². The average Bonchev–Trinajstić information content (AvgIpc) is 3.24. The van der Waals surface area contributed by atoms with Crippen LogP contribution in [0.2, 0.25) is 0 Å². The monoisotopic (exact) mass is 419 g/mol. The van der Waals surface area contributed by atoms with Gasteiger partial charge in [-0.25, -0.2) is 14.2 Å². The van der Waals surface area contributed by atoms with Crippen LogP contribution in [0.15, 0.2) is 42.6 Å². The Bertz CT molecular complexity index is 879. The van der Waals surface area contributed by atoms with Gasteiger partial charge in [0.05, 0.1) is 6.54 Å². The zero-order valence-corrected chi connectivity index (χ0v) is 16.7. The molecule has 2 aromatic rings. The van der Waals surface area contributed by atoms with Crippen LogP contribution in [0, 0.1) is 5.82 Å². The highest BCUT2D eigenvalue weighted by Crippen LogP contribution is 2.20. The Hall–Kier alpha value is -2.94. The van der Waals surface area contributed by atoms with Gasteiger partial charge in [-0.3, -0.25) is 9.59 Å². The van der Waals surface area contributed by atoms with E-state index in [1.807, 2.05) is 18.2 Å². The molecule has 0 spiro atoms. The summed E-state index contributed by atoms with van der Waals surface area (Å²) in [6.07, 6.45) is 4.05. The molecule has 0 saturated carbocycles. The summed E-state index contributed by atoms with van der Waals surface area (Å²) >= 11 is 3.53. The second-order valence-corrected chi connectivity index (χ2v) is 6.19. The molecular weight excluding hydrogens is 397 g/mol. The van der Waals surface area contributed by atoms with Gasteiger partial charge in [-0.1, -0.05) is 30.3 Å². The van der Waals surface area contributed by atoms with Crippen LogP contribution in [0.25, 0.3) is 11.1 Å². The second kappa shape index (κ2) is 10.6. The summed E-state index contributed by atoms with van der Waals surface area (Å²) in [6.45, 7) is -0.0891. The minimum Gasteiger partial charge on any atom is -0.480 e. The van der Waals surface area contributed by atoms with Gasteiger partial charge in [0.1, 0.15) is 6.04 Å². The number of aromatic nitrogens is 1. The van der Waals surface area contributed by atoms with Crippen LogP contribution in [-0.2, 0) is 9.59 Å². The number of nitrogens with one attached hydrogen (secondary N) is 1. The predicted molar refractivity (Wildman–Crippen MR) is 109 cm³/mol. The van der Waals surface area contributed by atoms with Gasteiger partial charge in [0.25, 0.3) is 5.91 Å². The van der Waals surface area contributed by atoms with Gasteiger partial charge < -0.3 is 15.3 Å². The number of carbonyl (C=O) groups excluding carboxylic acids is 2. The highest BCUT2D eigenvalue weighted by atomic mass is 32.1. The van der Waals surface area contributed by atoms with Crippen LogP contribution >= 0.6 is 12.6 Å². The third kappa shape index (κ3) is 5.54. The van der Waals surface area contributed by atoms with Crippen molar-refractivity contribution >= 4 is 30.4 Å². The van der Waals surface area contributed by atoms with Crippen LogP contribution < -0.4 is 5.32 Å². The summed E-state index contributed by atoms with van der Waals surface area (Å²) in [5, 5.41) is 11.4. The van der Waals surface area contributed by atoms with Crippen LogP contribution in [0.1, 0.15) is 23.3 Å². The van der Waals surface area contributed by atoms with E-state index in [-0.39, 0.29) is 0 Å². The quantitative estimate of drug-likeness (QED) is 0.646. The number of thiol groups is 1. The number of carbonyl (C=O) groups is 3. The van der Waals surface area contributed by atoms with Crippen molar-refractivity contribution in [2.24, 2.45) is 0 Å². The van der Waals surface area contributed by atoms with Gasteiger partial charge >= 0.3 is 5.97 Å². The lowest BCUT2D eigenvalue weighted by molar-refractivity contribution is -0.147. The highest BCUT2D eigenvalue weighted by Gasteiger charge is 2.33. The van der Waals surface area contributed by atoms with Gasteiger partial charge in [0, 0.05) is 18.3 Å². The first-order valence-electron chi connectivity index (χ1n) is 8.93. The summed E-state index contributed by atoms with van der Waals surface area (Å²) in [5.74, 6) is -3.22. The zero-order chi connectivity index (χ0) is 21.4. The molecule has 1 unspecified atom stereocenters. The van der Waals surface area contributed by atoms with Crippen LogP contribution in [0.5, 0.6) is 0 Å². The molecular formula is C20H22FN3O4S. The van der Waals surface area contributed by atoms with E-state index in [0.717, 1.165) is 5.56 Å². The smallest absolute Gasteiger partial charge is 0.326 e. The van der Waals surface area contributed by atoms with Gasteiger partial charge in [-0.2, -0.15) is 12.6 Å². The molecule has 2 amide bonds. The summed E-state index contributed by atoms with van der Waals surface area (Å²) in [4.78, 5) is 40.5. The molecule has 2 heterocycles. The second-order valence-electron chi connectivity index (χ2n) is 6.19. The standard InChI is InChI=1S/C19H18FN3O4.CH4S/c20-14-9-13(12-5-2-1-3-6-12)10-21-17(14)18(25)22-11-16(24)23-8-4-7-15(23)19(26)27;1-2/h1-3,5-6,9-10,15H,4,7-8,11H2,(H,22,25)(H,26,27);2H,1H3. The first kappa shape index (κ1) is 22.4. The third-order valence-electron chi connectivity index (χ3n) is 4.42. The number of aliphatic carboxylic acids is 1. The number of hydrogen-bond donors (Lipinski definition) is 3. The zero-order valence-electron chi connectivity index (χ0n) is 15.8. The summed E-state index contributed by atoms with van der Waals surface area (Å²) < 4.78 is 14.3. The van der Waals surface area contributed by atoms with E-state index >= 15 is 0 Å². The van der Waals surface area contributed by atoms with Crippen LogP contribution in [0.3, 0.4) is 0 Å². The lowest BCUT2D eigenvalue weighted by Gasteiger charge is -2.21. The van der Waals surface area contributed by atoms with E-state index in [2.05, 4.69) is 22.9 Å². The van der Waals surface area contributed by atoms with Crippen molar-refractivity contribution in [1.29, 1.82) is 0 Å². The molecule has 1 aliphatic rings. The number of benzene rings is 1. The Labute approximate surface area is 173 Å². The van der Waals surface area contributed by atoms with Gasteiger partial charge in [0.2, 0.25) is 5.91 Å². The average molecular weight is 419 g/mol. The number of hydrogen-bond acceptors (Lipinski definition) is 5. The number of pyridine rings is 1. The highest BCUT2D eigenvalue weighted by molar-refractivity contribution is 7.79. The minimum atomic E-state index is -1.07. The molecule has 3 rings (SSSR count). The van der Waals surface area contributed by atoms with Crippen molar-refractivity contribution in [1.82, 2.24) is 15.2 Å². The first-order chi connectivity index (χ1) is 14.0. The van der Waals surface area contributed by atoms with Gasteiger partial charge in [-0.15, -0.1) is 0 Å². The molecule has 1 saturated heterocycles. The number of halogens is 1. The Morgan fingerprint density at radius 3 is 2.55 bits per heavy atom. The molecule has 0 aliphatic carbocycles. The number of nitrogens with zero attached hydrogens (tertiary/aromatic N) is 2. The van der Waals surface area contributed by atoms with Gasteiger partial charge in [-0.05, 0) is 30.7 Å². The number of amides is 2. The molecule has 1 aromatic heterocycles. The van der Waals surface area contributed by atoms with Gasteiger partial charge in [0.15, 0.2) is 11.5 Å². The lowest BCUT2D eigenvalue weighted by atomic mass is 10.1. The van der Waals surface area contributed by atoms with E-state index in [4.69, 9.17) is 5.11 Å². The summed E-state index contributed by atoms with van der Waals surface area (Å²) in [6, 6.07) is 9.37. The molecule has 1 aromatic carbocycles. The van der Waals surface area contributed by atoms with Crippen LogP contribution in [-0.4, -0.2) is 58.2 Å². The number of carboxylic acids is 1. The van der Waals surface area contributed by atoms with Crippen molar-refractivity contribution < 1.29 is 23.9 Å². The molecule has 0 bridgehead atoms. The molecule has 7 nitrogen and oxygen atoms in total. The van der Waals surface area contributed by atoms with E-state index < -0.39 is 41.9 Å². The van der Waals surface area contributed by atoms with E-state index in [1.165, 1.54) is 17.2 Å². The van der Waals surface area contributed by atoms with E-state index in [9.17, 15) is 18.8 Å². The Balaban J connectivity index is 0.00000145. The maximum atomic E-state index is 14.3. The molecule has 9 heteroatoms. The minimum absolute atomic E-state index is 0.323. The fraction of sp³-hybridized carbons (Fsp3) is 0.300. The molecule has 29 heavy (non-hydrogen) atoms. The van der Waals surface area contributed by atoms with Crippen molar-refractivity contribution in [2.75, 3.05) is 19.3 Å². The van der Waals surface area contributed by atoms with Crippen molar-refractivity contribution in [2.45, 2.75) is 18.9 Å². The third-order valence-corrected chi connectivity index (χ3v) is 4.42. The van der Waals surface area contributed by atoms with Crippen molar-refractivity contribution in [3.63, 3.8) is 0 Å². The Kier molecular flexibility index (Phi) is 8.14. The fourth-order valence-electron chi connectivity index (χ4n) is 3.06. The number of rotatable bonds is 5. The molecule has 0 radical (unpaired) electrons. The summed E-state index contributed by atoms with van der Waals surface area (Å²) in [7, 11) is 0. The lowest BCUT2D eigenvalue weighted by Crippen LogP contribution is -2.45. The molecule has 154 valence electrons. The molecule has 1 aliphatic heterocycles. The first-order valence-corrected chi connectivity index (χ1v) is 9.83. The number of likely N-dealkylation sites (tertiary alicyclic amines) is 1. The fourth-order valence-corrected chi connectivity index (χ4v) is 3.06. The van der Waals surface area contributed by atoms with Crippen LogP contribution in [0.4, 0.5) is 4.39 Å². The maximum absolute atomic E-state index is 14.3. The van der Waals surface area contributed by atoms with Crippen molar-refractivity contribution in [3.8, 4) is 11.1 Å². The maximum Gasteiger partial charge on any atom is 0.326 e. The predicted octanol–water partition coefficient (Wildman–Crippen LogP) is 2.24.